The highest BCUT2D eigenvalue weighted by Gasteiger charge is 2.21. The Labute approximate surface area is 141 Å². The summed E-state index contributed by atoms with van der Waals surface area (Å²) in [6, 6.07) is -0.233. The topological polar surface area (TPSA) is 114 Å². The average Bonchev–Trinajstić information content (AvgIpc) is 2.98. The predicted molar refractivity (Wildman–Crippen MR) is 85.2 cm³/mol. The number of rotatable bonds is 12. The van der Waals surface area contributed by atoms with Gasteiger partial charge in [-0.25, -0.2) is 4.79 Å². The van der Waals surface area contributed by atoms with Gasteiger partial charge in [-0.1, -0.05) is 6.92 Å². The number of carbonyl (C=O) groups excluding carboxylic acids is 2. The average molecular weight is 344 g/mol. The zero-order chi connectivity index (χ0) is 17.6. The molecule has 0 radical (unpaired) electrons. The third-order valence-electron chi connectivity index (χ3n) is 2.81. The van der Waals surface area contributed by atoms with E-state index in [1.165, 1.54) is 0 Å². The molecular weight excluding hydrogens is 318 g/mol. The van der Waals surface area contributed by atoms with E-state index in [1.807, 2.05) is 6.92 Å². The molecule has 10 heteroatoms. The number of alkyl carbamates (subject to hydrolysis) is 1. The molecule has 2 amide bonds. The molecule has 1 unspecified atom stereocenters. The molecule has 1 aliphatic heterocycles. The summed E-state index contributed by atoms with van der Waals surface area (Å²) in [4.78, 5) is 22.7. The van der Waals surface area contributed by atoms with Crippen LogP contribution in [0, 0.1) is 0 Å². The minimum Gasteiger partial charge on any atom is -0.444 e. The molecule has 1 heterocycles. The molecule has 1 aliphatic rings. The van der Waals surface area contributed by atoms with E-state index in [-0.39, 0.29) is 25.2 Å². The standard InChI is InChI=1S/C14H25N5O5/c1-3-4-15-13(20)11-23-8-7-22-6-5-16-14(21)24-10-12-9-19(2)18-17-12/h9,12H,3-8,10-11H2,1-2H3,(H-,15,16,20,21)/p+1. The molecule has 0 aromatic carbocycles. The summed E-state index contributed by atoms with van der Waals surface area (Å²) in [6.07, 6.45) is 2.11. The van der Waals surface area contributed by atoms with Gasteiger partial charge in [-0.15, -0.1) is 4.68 Å². The van der Waals surface area contributed by atoms with Crippen molar-refractivity contribution < 1.29 is 28.5 Å². The van der Waals surface area contributed by atoms with E-state index < -0.39 is 6.09 Å². The van der Waals surface area contributed by atoms with Gasteiger partial charge in [-0.05, 0) is 6.42 Å². The number of hydrogen-bond acceptors (Lipinski definition) is 7. The molecule has 0 fully saturated rings. The Morgan fingerprint density at radius 2 is 1.96 bits per heavy atom. The lowest BCUT2D eigenvalue weighted by Gasteiger charge is -2.08. The van der Waals surface area contributed by atoms with Crippen LogP contribution in [0.1, 0.15) is 13.3 Å². The summed E-state index contributed by atoms with van der Waals surface area (Å²) in [5, 5.41) is 12.9. The number of hydrogen-bond donors (Lipinski definition) is 2. The van der Waals surface area contributed by atoms with Crippen LogP contribution in [-0.2, 0) is 19.0 Å². The van der Waals surface area contributed by atoms with Crippen molar-refractivity contribution in [3.8, 4) is 0 Å². The van der Waals surface area contributed by atoms with E-state index in [0.717, 1.165) is 6.42 Å². The number of amides is 2. The van der Waals surface area contributed by atoms with Gasteiger partial charge >= 0.3 is 6.09 Å². The second-order valence-electron chi connectivity index (χ2n) is 5.04. The third kappa shape index (κ3) is 9.85. The maximum absolute atomic E-state index is 11.4. The summed E-state index contributed by atoms with van der Waals surface area (Å²) in [5.74, 6) is -0.133. The molecule has 0 aliphatic carbocycles. The molecule has 0 saturated heterocycles. The van der Waals surface area contributed by atoms with Crippen molar-refractivity contribution in [1.82, 2.24) is 10.6 Å². The van der Waals surface area contributed by atoms with Crippen LogP contribution in [-0.4, -0.2) is 82.1 Å². The second-order valence-corrected chi connectivity index (χ2v) is 5.04. The molecule has 0 bridgehead atoms. The smallest absolute Gasteiger partial charge is 0.407 e. The predicted octanol–water partition coefficient (Wildman–Crippen LogP) is -0.265. The van der Waals surface area contributed by atoms with Crippen molar-refractivity contribution >= 4 is 18.2 Å². The van der Waals surface area contributed by atoms with E-state index in [9.17, 15) is 9.59 Å². The molecule has 10 nitrogen and oxygen atoms in total. The van der Waals surface area contributed by atoms with Crippen LogP contribution in [0.4, 0.5) is 4.79 Å². The van der Waals surface area contributed by atoms with Crippen molar-refractivity contribution in [1.29, 1.82) is 0 Å². The van der Waals surface area contributed by atoms with E-state index in [1.54, 1.807) is 17.9 Å². The maximum atomic E-state index is 11.4. The van der Waals surface area contributed by atoms with Crippen LogP contribution in [0.3, 0.4) is 0 Å². The first-order valence-electron chi connectivity index (χ1n) is 7.93. The lowest BCUT2D eigenvalue weighted by Crippen LogP contribution is -2.31. The van der Waals surface area contributed by atoms with Gasteiger partial charge in [0, 0.05) is 18.2 Å². The SMILES string of the molecule is CCCNC(=O)COCCOCCNC(=O)OCC1C=[N+](C)N=N1. The Morgan fingerprint density at radius 1 is 1.17 bits per heavy atom. The Hall–Kier alpha value is -2.07. The van der Waals surface area contributed by atoms with Gasteiger partial charge in [-0.3, -0.25) is 4.79 Å². The maximum Gasteiger partial charge on any atom is 0.407 e. The molecule has 0 aromatic heterocycles. The monoisotopic (exact) mass is 344 g/mol. The highest BCUT2D eigenvalue weighted by Crippen LogP contribution is 1.97. The minimum atomic E-state index is -0.527. The van der Waals surface area contributed by atoms with Crippen molar-refractivity contribution in [2.75, 3.05) is 53.2 Å². The van der Waals surface area contributed by atoms with Crippen LogP contribution >= 0.6 is 0 Å². The first-order chi connectivity index (χ1) is 11.6. The Bertz CT molecular complexity index is 455. The van der Waals surface area contributed by atoms with Crippen LogP contribution in [0.25, 0.3) is 0 Å². The lowest BCUT2D eigenvalue weighted by molar-refractivity contribution is -0.501. The van der Waals surface area contributed by atoms with Crippen molar-refractivity contribution in [3.63, 3.8) is 0 Å². The van der Waals surface area contributed by atoms with E-state index >= 15 is 0 Å². The first kappa shape index (κ1) is 20.0. The Balaban J connectivity index is 1.87. The Morgan fingerprint density at radius 3 is 2.67 bits per heavy atom. The number of nitrogens with zero attached hydrogens (tertiary/aromatic N) is 3. The second kappa shape index (κ2) is 12.4. The molecular formula is C14H26N5O5+. The van der Waals surface area contributed by atoms with Crippen molar-refractivity contribution in [3.05, 3.63) is 0 Å². The number of nitrogens with one attached hydrogen (secondary N) is 2. The zero-order valence-electron chi connectivity index (χ0n) is 14.2. The summed E-state index contributed by atoms with van der Waals surface area (Å²) in [7, 11) is 1.75. The summed E-state index contributed by atoms with van der Waals surface area (Å²) in [5.41, 5.74) is 0. The molecule has 0 aromatic rings. The zero-order valence-corrected chi connectivity index (χ0v) is 14.2. The van der Waals surface area contributed by atoms with Crippen molar-refractivity contribution in [2.45, 2.75) is 19.4 Å². The fraction of sp³-hybridized carbons (Fsp3) is 0.786. The third-order valence-corrected chi connectivity index (χ3v) is 2.81. The summed E-state index contributed by atoms with van der Waals surface area (Å²) < 4.78 is 17.0. The summed E-state index contributed by atoms with van der Waals surface area (Å²) in [6.45, 7) is 4.13. The summed E-state index contributed by atoms with van der Waals surface area (Å²) >= 11 is 0. The highest BCUT2D eigenvalue weighted by atomic mass is 16.6. The highest BCUT2D eigenvalue weighted by molar-refractivity contribution is 5.77. The minimum absolute atomic E-state index is 0.0264. The number of ether oxygens (including phenoxy) is 3. The van der Waals surface area contributed by atoms with Gasteiger partial charge in [-0.2, -0.15) is 0 Å². The molecule has 0 saturated carbocycles. The van der Waals surface area contributed by atoms with Crippen LogP contribution in [0.15, 0.2) is 10.3 Å². The van der Waals surface area contributed by atoms with E-state index in [4.69, 9.17) is 14.2 Å². The quantitative estimate of drug-likeness (QED) is 0.374. The molecule has 136 valence electrons. The molecule has 24 heavy (non-hydrogen) atoms. The first-order valence-corrected chi connectivity index (χ1v) is 7.93. The fourth-order valence-electron chi connectivity index (χ4n) is 1.67. The molecule has 2 N–H and O–H groups in total. The van der Waals surface area contributed by atoms with Crippen LogP contribution < -0.4 is 10.6 Å². The van der Waals surface area contributed by atoms with Gasteiger partial charge in [0.05, 0.1) is 19.8 Å². The van der Waals surface area contributed by atoms with Crippen LogP contribution in [0.5, 0.6) is 0 Å². The van der Waals surface area contributed by atoms with Gasteiger partial charge in [0.1, 0.15) is 31.7 Å². The van der Waals surface area contributed by atoms with Gasteiger partial charge in [0.15, 0.2) is 0 Å². The van der Waals surface area contributed by atoms with Crippen LogP contribution in [0.2, 0.25) is 0 Å². The number of carbonyl (C=O) groups is 2. The Kier molecular flexibility index (Phi) is 10.3. The van der Waals surface area contributed by atoms with Gasteiger partial charge in [0.25, 0.3) is 6.04 Å². The van der Waals surface area contributed by atoms with E-state index in [2.05, 4.69) is 21.0 Å². The van der Waals surface area contributed by atoms with Gasteiger partial charge in [0.2, 0.25) is 5.91 Å². The van der Waals surface area contributed by atoms with E-state index in [0.29, 0.717) is 32.9 Å². The lowest BCUT2D eigenvalue weighted by atomic mass is 10.4. The molecule has 1 rings (SSSR count). The van der Waals surface area contributed by atoms with Gasteiger partial charge < -0.3 is 24.8 Å². The molecule has 1 atom stereocenters. The largest absolute Gasteiger partial charge is 0.444 e. The normalized spacial score (nSPS) is 15.9. The molecule has 0 spiro atoms. The van der Waals surface area contributed by atoms with Crippen molar-refractivity contribution in [2.24, 2.45) is 10.3 Å². The fourth-order valence-corrected chi connectivity index (χ4v) is 1.67.